The van der Waals surface area contributed by atoms with Crippen LogP contribution in [0.2, 0.25) is 0 Å². The maximum atomic E-state index is 11.4. The van der Waals surface area contributed by atoms with Crippen LogP contribution < -0.4 is 5.32 Å². The highest BCUT2D eigenvalue weighted by atomic mass is 16.6. The Bertz CT molecular complexity index is 247. The van der Waals surface area contributed by atoms with Crippen molar-refractivity contribution >= 4 is 6.09 Å². The van der Waals surface area contributed by atoms with E-state index < -0.39 is 17.1 Å². The maximum Gasteiger partial charge on any atom is 0.407 e. The molecule has 16 heavy (non-hydrogen) atoms. The summed E-state index contributed by atoms with van der Waals surface area (Å²) >= 11 is 0. The lowest BCUT2D eigenvalue weighted by atomic mass is 9.66. The van der Waals surface area contributed by atoms with Crippen LogP contribution >= 0.6 is 0 Å². The summed E-state index contributed by atoms with van der Waals surface area (Å²) in [6.45, 7) is 5.32. The van der Waals surface area contributed by atoms with Crippen LogP contribution in [-0.4, -0.2) is 41.2 Å². The predicted molar refractivity (Wildman–Crippen MR) is 59.0 cm³/mol. The Kier molecular flexibility index (Phi) is 3.80. The van der Waals surface area contributed by atoms with Gasteiger partial charge < -0.3 is 20.3 Å². The van der Waals surface area contributed by atoms with Crippen LogP contribution in [0.3, 0.4) is 0 Å². The van der Waals surface area contributed by atoms with Crippen molar-refractivity contribution in [2.24, 2.45) is 5.41 Å². The number of hydrogen-bond acceptors (Lipinski definition) is 4. The minimum Gasteiger partial charge on any atom is -0.444 e. The van der Waals surface area contributed by atoms with Gasteiger partial charge in [-0.15, -0.1) is 0 Å². The number of alkyl carbamates (subject to hydrolysis) is 1. The Morgan fingerprint density at radius 1 is 1.38 bits per heavy atom. The van der Waals surface area contributed by atoms with Gasteiger partial charge in [0.05, 0.1) is 13.2 Å². The van der Waals surface area contributed by atoms with E-state index >= 15 is 0 Å². The number of aliphatic hydroxyl groups excluding tert-OH is 2. The molecule has 3 N–H and O–H groups in total. The Labute approximate surface area is 95.8 Å². The average Bonchev–Trinajstić information content (AvgIpc) is 2.07. The van der Waals surface area contributed by atoms with Gasteiger partial charge in [0.2, 0.25) is 0 Å². The summed E-state index contributed by atoms with van der Waals surface area (Å²) in [5.74, 6) is 0. The fourth-order valence-corrected chi connectivity index (χ4v) is 1.87. The van der Waals surface area contributed by atoms with Crippen LogP contribution in [0.1, 0.15) is 33.6 Å². The molecule has 5 nitrogen and oxygen atoms in total. The molecule has 1 amide bonds. The number of aliphatic hydroxyl groups is 2. The van der Waals surface area contributed by atoms with Gasteiger partial charge in [-0.25, -0.2) is 4.79 Å². The molecule has 94 valence electrons. The molecule has 0 unspecified atom stereocenters. The highest BCUT2D eigenvalue weighted by Gasteiger charge is 2.44. The fourth-order valence-electron chi connectivity index (χ4n) is 1.87. The maximum absolute atomic E-state index is 11.4. The topological polar surface area (TPSA) is 78.8 Å². The Morgan fingerprint density at radius 3 is 2.25 bits per heavy atom. The van der Waals surface area contributed by atoms with E-state index in [4.69, 9.17) is 14.9 Å². The first-order valence-corrected chi connectivity index (χ1v) is 5.51. The molecule has 0 heterocycles. The van der Waals surface area contributed by atoms with Crippen LogP contribution in [0.5, 0.6) is 0 Å². The number of amides is 1. The standard InChI is InChI=1S/C11H21NO4/c1-10(2,3)16-9(15)12-8-4-11(5-8,6-13)7-14/h8,13-14H,4-7H2,1-3H3,(H,12,15). The van der Waals surface area contributed by atoms with E-state index in [0.29, 0.717) is 12.8 Å². The number of carbonyl (C=O) groups excluding carboxylic acids is 1. The Balaban J connectivity index is 2.30. The number of rotatable bonds is 3. The minimum atomic E-state index is -0.501. The average molecular weight is 231 g/mol. The summed E-state index contributed by atoms with van der Waals surface area (Å²) in [7, 11) is 0. The van der Waals surface area contributed by atoms with Crippen molar-refractivity contribution in [3.05, 3.63) is 0 Å². The second kappa shape index (κ2) is 4.59. The third-order valence-corrected chi connectivity index (χ3v) is 2.75. The molecule has 1 rings (SSSR count). The molecule has 1 aliphatic rings. The first kappa shape index (κ1) is 13.3. The molecule has 1 saturated carbocycles. The monoisotopic (exact) mass is 231 g/mol. The summed E-state index contributed by atoms with van der Waals surface area (Å²) in [6, 6.07) is -0.00542. The van der Waals surface area contributed by atoms with Gasteiger partial charge >= 0.3 is 6.09 Å². The van der Waals surface area contributed by atoms with Gasteiger partial charge in [-0.2, -0.15) is 0 Å². The molecule has 1 aliphatic carbocycles. The van der Waals surface area contributed by atoms with Crippen LogP contribution in [0.15, 0.2) is 0 Å². The minimum absolute atomic E-state index is 0.00542. The van der Waals surface area contributed by atoms with Crippen LogP contribution in [0, 0.1) is 5.41 Å². The van der Waals surface area contributed by atoms with Crippen LogP contribution in [0.25, 0.3) is 0 Å². The molecule has 0 aromatic carbocycles. The summed E-state index contributed by atoms with van der Waals surface area (Å²) in [5.41, 5.74) is -0.918. The second-order valence-electron chi connectivity index (χ2n) is 5.57. The third-order valence-electron chi connectivity index (χ3n) is 2.75. The molecule has 0 spiro atoms. The summed E-state index contributed by atoms with van der Waals surface area (Å²) in [5, 5.41) is 20.9. The third kappa shape index (κ3) is 3.35. The predicted octanol–water partition coefficient (Wildman–Crippen LogP) is 0.644. The number of nitrogens with one attached hydrogen (secondary N) is 1. The summed E-state index contributed by atoms with van der Waals surface area (Å²) in [4.78, 5) is 11.4. The van der Waals surface area contributed by atoms with E-state index in [1.54, 1.807) is 20.8 Å². The molecule has 5 heteroatoms. The molecular weight excluding hydrogens is 210 g/mol. The second-order valence-corrected chi connectivity index (χ2v) is 5.57. The molecular formula is C11H21NO4. The van der Waals surface area contributed by atoms with Crippen LogP contribution in [0.4, 0.5) is 4.79 Å². The molecule has 0 aromatic heterocycles. The lowest BCUT2D eigenvalue weighted by molar-refractivity contribution is -0.0347. The zero-order valence-corrected chi connectivity index (χ0v) is 10.1. The summed E-state index contributed by atoms with van der Waals surface area (Å²) < 4.78 is 5.10. The van der Waals surface area contributed by atoms with E-state index in [9.17, 15) is 4.79 Å². The van der Waals surface area contributed by atoms with Crippen molar-refractivity contribution in [3.63, 3.8) is 0 Å². The smallest absolute Gasteiger partial charge is 0.407 e. The molecule has 1 fully saturated rings. The first-order valence-electron chi connectivity index (χ1n) is 5.51. The number of hydrogen-bond donors (Lipinski definition) is 3. The van der Waals surface area contributed by atoms with Crippen molar-refractivity contribution in [2.75, 3.05) is 13.2 Å². The molecule has 0 radical (unpaired) electrons. The zero-order chi connectivity index (χ0) is 12.4. The zero-order valence-electron chi connectivity index (χ0n) is 10.1. The van der Waals surface area contributed by atoms with Gasteiger partial charge in [0.25, 0.3) is 0 Å². The highest BCUT2D eigenvalue weighted by molar-refractivity contribution is 5.68. The van der Waals surface area contributed by atoms with Gasteiger partial charge in [-0.05, 0) is 33.6 Å². The van der Waals surface area contributed by atoms with E-state index in [1.807, 2.05) is 0 Å². The molecule has 0 atom stereocenters. The van der Waals surface area contributed by atoms with Gasteiger partial charge in [0.15, 0.2) is 0 Å². The van der Waals surface area contributed by atoms with Gasteiger partial charge in [0, 0.05) is 11.5 Å². The largest absolute Gasteiger partial charge is 0.444 e. The van der Waals surface area contributed by atoms with E-state index in [-0.39, 0.29) is 19.3 Å². The lowest BCUT2D eigenvalue weighted by Gasteiger charge is -2.45. The van der Waals surface area contributed by atoms with Gasteiger partial charge in [-0.3, -0.25) is 0 Å². The normalized spacial score (nSPS) is 20.1. The molecule has 0 bridgehead atoms. The van der Waals surface area contributed by atoms with Gasteiger partial charge in [-0.1, -0.05) is 0 Å². The molecule has 0 aliphatic heterocycles. The van der Waals surface area contributed by atoms with Crippen molar-refractivity contribution in [3.8, 4) is 0 Å². The molecule has 0 aromatic rings. The Morgan fingerprint density at radius 2 is 1.88 bits per heavy atom. The van der Waals surface area contributed by atoms with Gasteiger partial charge in [0.1, 0.15) is 5.60 Å². The van der Waals surface area contributed by atoms with E-state index in [1.165, 1.54) is 0 Å². The van der Waals surface area contributed by atoms with Crippen molar-refractivity contribution in [2.45, 2.75) is 45.3 Å². The van der Waals surface area contributed by atoms with Crippen LogP contribution in [-0.2, 0) is 4.74 Å². The van der Waals surface area contributed by atoms with E-state index in [2.05, 4.69) is 5.32 Å². The molecule has 0 saturated heterocycles. The fraction of sp³-hybridized carbons (Fsp3) is 0.909. The number of ether oxygens (including phenoxy) is 1. The highest BCUT2D eigenvalue weighted by Crippen LogP contribution is 2.40. The SMILES string of the molecule is CC(C)(C)OC(=O)NC1CC(CO)(CO)C1. The first-order chi connectivity index (χ1) is 7.30. The number of carbonyl (C=O) groups is 1. The van der Waals surface area contributed by atoms with Crippen molar-refractivity contribution < 1.29 is 19.7 Å². The quantitative estimate of drug-likeness (QED) is 0.666. The van der Waals surface area contributed by atoms with Crippen molar-refractivity contribution in [1.82, 2.24) is 5.32 Å². The van der Waals surface area contributed by atoms with Crippen molar-refractivity contribution in [1.29, 1.82) is 0 Å². The van der Waals surface area contributed by atoms with E-state index in [0.717, 1.165) is 0 Å². The summed E-state index contributed by atoms with van der Waals surface area (Å²) in [6.07, 6.45) is 0.750. The lowest BCUT2D eigenvalue weighted by Crippen LogP contribution is -2.54. The Hall–Kier alpha value is -0.810.